The molecule has 0 unspecified atom stereocenters. The van der Waals surface area contributed by atoms with Crippen molar-refractivity contribution in [3.05, 3.63) is 93.9 Å². The number of thioether (sulfide) groups is 2. The largest absolute Gasteiger partial charge is 0.334 e. The lowest BCUT2D eigenvalue weighted by atomic mass is 10.2. The molecule has 1 saturated heterocycles. The van der Waals surface area contributed by atoms with Gasteiger partial charge in [-0.25, -0.2) is 4.99 Å². The van der Waals surface area contributed by atoms with Gasteiger partial charge in [0.15, 0.2) is 5.17 Å². The highest BCUT2D eigenvalue weighted by molar-refractivity contribution is 8.20. The first-order chi connectivity index (χ1) is 15.5. The molecule has 3 aromatic carbocycles. The molecule has 4 nitrogen and oxygen atoms in total. The van der Waals surface area contributed by atoms with Gasteiger partial charge in [-0.2, -0.15) is 0 Å². The number of para-hydroxylation sites is 1. The Morgan fingerprint density at radius 3 is 2.38 bits per heavy atom. The second-order valence-corrected chi connectivity index (χ2v) is 9.77. The van der Waals surface area contributed by atoms with E-state index >= 15 is 0 Å². The van der Waals surface area contributed by atoms with Gasteiger partial charge in [-0.3, -0.25) is 9.69 Å². The standard InChI is InChI=1S/C26H23N3OS2/c1-4-28-21-13-5-6-14-22(21)31-25(28)23-24(30)29(20-12-8-10-18(3)16-20)26(32-23)27-19-11-7-9-17(2)15-19/h5-16H,4H2,1-3H3/b25-23-,27-26?. The quantitative estimate of drug-likeness (QED) is 0.402. The Bertz CT molecular complexity index is 1280. The summed E-state index contributed by atoms with van der Waals surface area (Å²) in [5, 5.41) is 1.66. The first kappa shape index (κ1) is 20.9. The molecule has 0 radical (unpaired) electrons. The maximum atomic E-state index is 13.8. The van der Waals surface area contributed by atoms with E-state index in [9.17, 15) is 4.79 Å². The molecule has 1 fully saturated rings. The number of hydrogen-bond donors (Lipinski definition) is 0. The zero-order valence-electron chi connectivity index (χ0n) is 18.2. The van der Waals surface area contributed by atoms with E-state index in [4.69, 9.17) is 4.99 Å². The molecule has 0 N–H and O–H groups in total. The van der Waals surface area contributed by atoms with Crippen molar-refractivity contribution in [2.75, 3.05) is 16.3 Å². The first-order valence-electron chi connectivity index (χ1n) is 10.6. The first-order valence-corrected chi connectivity index (χ1v) is 12.2. The Morgan fingerprint density at radius 1 is 0.875 bits per heavy atom. The van der Waals surface area contributed by atoms with Crippen LogP contribution in [0.4, 0.5) is 17.1 Å². The summed E-state index contributed by atoms with van der Waals surface area (Å²) in [4.78, 5) is 24.6. The molecule has 0 spiro atoms. The predicted octanol–water partition coefficient (Wildman–Crippen LogP) is 6.87. The molecule has 2 heterocycles. The van der Waals surface area contributed by atoms with Crippen molar-refractivity contribution in [1.82, 2.24) is 0 Å². The number of nitrogens with zero attached hydrogens (tertiary/aromatic N) is 3. The Labute approximate surface area is 197 Å². The van der Waals surface area contributed by atoms with Crippen molar-refractivity contribution in [3.8, 4) is 0 Å². The minimum Gasteiger partial charge on any atom is -0.334 e. The number of carbonyl (C=O) groups is 1. The SMILES string of the molecule is CCN1/C(=C2/SC(=Nc3cccc(C)c3)N(c3cccc(C)c3)C2=O)Sc2ccccc21. The molecule has 0 saturated carbocycles. The molecule has 6 heteroatoms. The van der Waals surface area contributed by atoms with Crippen LogP contribution in [-0.4, -0.2) is 17.6 Å². The fraction of sp³-hybridized carbons (Fsp3) is 0.154. The van der Waals surface area contributed by atoms with E-state index < -0.39 is 0 Å². The third kappa shape index (κ3) is 3.74. The van der Waals surface area contributed by atoms with Gasteiger partial charge >= 0.3 is 0 Å². The lowest BCUT2D eigenvalue weighted by Gasteiger charge is -2.19. The summed E-state index contributed by atoms with van der Waals surface area (Å²) in [7, 11) is 0. The molecular weight excluding hydrogens is 434 g/mol. The number of amides is 1. The zero-order chi connectivity index (χ0) is 22.2. The van der Waals surface area contributed by atoms with Crippen LogP contribution in [0.15, 0.2) is 92.6 Å². The number of rotatable bonds is 3. The van der Waals surface area contributed by atoms with E-state index in [1.54, 1.807) is 16.7 Å². The fourth-order valence-corrected chi connectivity index (χ4v) is 6.29. The van der Waals surface area contributed by atoms with Crippen LogP contribution in [0.5, 0.6) is 0 Å². The molecule has 5 rings (SSSR count). The van der Waals surface area contributed by atoms with Crippen LogP contribution in [0.25, 0.3) is 0 Å². The van der Waals surface area contributed by atoms with Crippen LogP contribution in [0.2, 0.25) is 0 Å². The average molecular weight is 458 g/mol. The van der Waals surface area contributed by atoms with Crippen LogP contribution >= 0.6 is 23.5 Å². The molecule has 32 heavy (non-hydrogen) atoms. The van der Waals surface area contributed by atoms with Crippen molar-refractivity contribution in [2.24, 2.45) is 4.99 Å². The monoisotopic (exact) mass is 457 g/mol. The minimum atomic E-state index is -0.0271. The summed E-state index contributed by atoms with van der Waals surface area (Å²) in [5.74, 6) is -0.0271. The number of carbonyl (C=O) groups excluding carboxylic acids is 1. The number of hydrogen-bond acceptors (Lipinski definition) is 5. The normalized spacial score (nSPS) is 19.2. The van der Waals surface area contributed by atoms with Crippen LogP contribution in [-0.2, 0) is 4.79 Å². The maximum absolute atomic E-state index is 13.8. The second-order valence-electron chi connectivity index (χ2n) is 7.76. The van der Waals surface area contributed by atoms with E-state index in [2.05, 4.69) is 24.0 Å². The summed E-state index contributed by atoms with van der Waals surface area (Å²) in [6, 6.07) is 24.4. The average Bonchev–Trinajstić information content (AvgIpc) is 3.30. The van der Waals surface area contributed by atoms with Crippen molar-refractivity contribution in [2.45, 2.75) is 25.7 Å². The van der Waals surface area contributed by atoms with Gasteiger partial charge in [0.25, 0.3) is 5.91 Å². The molecular formula is C26H23N3OS2. The summed E-state index contributed by atoms with van der Waals surface area (Å²) in [6.45, 7) is 7.00. The van der Waals surface area contributed by atoms with Crippen LogP contribution < -0.4 is 9.80 Å². The lowest BCUT2D eigenvalue weighted by Crippen LogP contribution is -2.29. The molecule has 0 aliphatic carbocycles. The van der Waals surface area contributed by atoms with Gasteiger partial charge in [0.2, 0.25) is 0 Å². The third-order valence-corrected chi connectivity index (χ3v) is 7.73. The number of anilines is 2. The Kier molecular flexibility index (Phi) is 5.57. The van der Waals surface area contributed by atoms with E-state index in [-0.39, 0.29) is 5.91 Å². The highest BCUT2D eigenvalue weighted by atomic mass is 32.2. The minimum absolute atomic E-state index is 0.0271. The van der Waals surface area contributed by atoms with Crippen molar-refractivity contribution >= 4 is 51.7 Å². The van der Waals surface area contributed by atoms with E-state index in [1.807, 2.05) is 74.5 Å². The molecule has 1 amide bonds. The third-order valence-electron chi connectivity index (χ3n) is 5.39. The fourth-order valence-electron chi connectivity index (χ4n) is 3.90. The number of aryl methyl sites for hydroxylation is 2. The van der Waals surface area contributed by atoms with Gasteiger partial charge in [-0.1, -0.05) is 48.2 Å². The maximum Gasteiger partial charge on any atom is 0.274 e. The molecule has 0 bridgehead atoms. The Hall–Kier alpha value is -2.96. The highest BCUT2D eigenvalue weighted by Gasteiger charge is 2.40. The lowest BCUT2D eigenvalue weighted by molar-refractivity contribution is -0.113. The van der Waals surface area contributed by atoms with Gasteiger partial charge in [0.05, 0.1) is 17.1 Å². The van der Waals surface area contributed by atoms with Crippen molar-refractivity contribution in [3.63, 3.8) is 0 Å². The topological polar surface area (TPSA) is 35.9 Å². The number of amidine groups is 1. The molecule has 2 aliphatic heterocycles. The van der Waals surface area contributed by atoms with Crippen molar-refractivity contribution < 1.29 is 4.79 Å². The predicted molar refractivity (Wildman–Crippen MR) is 137 cm³/mol. The number of aliphatic imine (C=N–C) groups is 1. The van der Waals surface area contributed by atoms with Gasteiger partial charge in [-0.05, 0) is 80.1 Å². The van der Waals surface area contributed by atoms with E-state index in [1.165, 1.54) is 16.7 Å². The van der Waals surface area contributed by atoms with Crippen LogP contribution in [0.1, 0.15) is 18.1 Å². The molecule has 160 valence electrons. The molecule has 0 aromatic heterocycles. The smallest absolute Gasteiger partial charge is 0.274 e. The van der Waals surface area contributed by atoms with E-state index in [0.29, 0.717) is 5.17 Å². The molecule has 0 atom stereocenters. The molecule has 2 aliphatic rings. The van der Waals surface area contributed by atoms with Gasteiger partial charge in [0, 0.05) is 11.4 Å². The Balaban J connectivity index is 1.64. The summed E-state index contributed by atoms with van der Waals surface area (Å²) in [6.07, 6.45) is 0. The summed E-state index contributed by atoms with van der Waals surface area (Å²) >= 11 is 3.12. The van der Waals surface area contributed by atoms with Gasteiger partial charge in [-0.15, -0.1) is 0 Å². The summed E-state index contributed by atoms with van der Waals surface area (Å²) in [5.41, 5.74) is 5.09. The number of benzene rings is 3. The van der Waals surface area contributed by atoms with Crippen molar-refractivity contribution in [1.29, 1.82) is 0 Å². The summed E-state index contributed by atoms with van der Waals surface area (Å²) < 4.78 is 0. The second kappa shape index (κ2) is 8.52. The van der Waals surface area contributed by atoms with Gasteiger partial charge < -0.3 is 4.90 Å². The van der Waals surface area contributed by atoms with Crippen LogP contribution in [0.3, 0.4) is 0 Å². The van der Waals surface area contributed by atoms with Gasteiger partial charge in [0.1, 0.15) is 9.93 Å². The highest BCUT2D eigenvalue weighted by Crippen LogP contribution is 2.51. The van der Waals surface area contributed by atoms with E-state index in [0.717, 1.165) is 44.7 Å². The Morgan fingerprint density at radius 2 is 1.62 bits per heavy atom. The zero-order valence-corrected chi connectivity index (χ0v) is 19.8. The van der Waals surface area contributed by atoms with Crippen LogP contribution in [0, 0.1) is 13.8 Å². The molecule has 3 aromatic rings. The number of fused-ring (bicyclic) bond motifs is 1.